The molecule has 2 aliphatic heterocycles. The minimum absolute atomic E-state index is 0.477. The first kappa shape index (κ1) is 20.1. The number of nitrogens with one attached hydrogen (secondary N) is 1. The van der Waals surface area contributed by atoms with Crippen LogP contribution in [0.15, 0.2) is 24.5 Å². The second-order valence-electron chi connectivity index (χ2n) is 8.38. The maximum Gasteiger partial charge on any atom is 0.134 e. The largest absolute Gasteiger partial charge is 0.378 e. The van der Waals surface area contributed by atoms with Crippen LogP contribution in [-0.2, 0) is 11.3 Å². The summed E-state index contributed by atoms with van der Waals surface area (Å²) in [4.78, 5) is 13.8. The molecule has 0 aliphatic carbocycles. The molecule has 6 heteroatoms. The van der Waals surface area contributed by atoms with Gasteiger partial charge in [0.2, 0.25) is 0 Å². The summed E-state index contributed by atoms with van der Waals surface area (Å²) in [5.74, 6) is 2.05. The van der Waals surface area contributed by atoms with Crippen LogP contribution in [0.3, 0.4) is 0 Å². The summed E-state index contributed by atoms with van der Waals surface area (Å²) in [5.41, 5.74) is 5.54. The summed E-state index contributed by atoms with van der Waals surface area (Å²) in [7, 11) is 0. The molecule has 1 aromatic heterocycles. The summed E-state index contributed by atoms with van der Waals surface area (Å²) < 4.78 is 5.46. The third-order valence-electron chi connectivity index (χ3n) is 6.13. The molecular weight excluding hydrogens is 362 g/mol. The van der Waals surface area contributed by atoms with E-state index >= 15 is 0 Å². The van der Waals surface area contributed by atoms with Crippen molar-refractivity contribution in [2.45, 2.75) is 46.2 Å². The van der Waals surface area contributed by atoms with Gasteiger partial charge >= 0.3 is 0 Å². The maximum absolute atomic E-state index is 5.46. The molecule has 2 saturated heterocycles. The lowest BCUT2D eigenvalue weighted by molar-refractivity contribution is 0.122. The topological polar surface area (TPSA) is 53.5 Å². The van der Waals surface area contributed by atoms with E-state index in [4.69, 9.17) is 4.74 Å². The van der Waals surface area contributed by atoms with Crippen molar-refractivity contribution < 1.29 is 4.74 Å². The van der Waals surface area contributed by atoms with Crippen LogP contribution in [0, 0.1) is 20.8 Å². The van der Waals surface area contributed by atoms with Crippen LogP contribution in [0.25, 0.3) is 0 Å². The third-order valence-corrected chi connectivity index (χ3v) is 6.13. The monoisotopic (exact) mass is 395 g/mol. The van der Waals surface area contributed by atoms with Gasteiger partial charge in [-0.15, -0.1) is 0 Å². The van der Waals surface area contributed by atoms with Crippen LogP contribution in [0.5, 0.6) is 0 Å². The maximum atomic E-state index is 5.46. The van der Waals surface area contributed by atoms with Gasteiger partial charge in [-0.2, -0.15) is 0 Å². The summed E-state index contributed by atoms with van der Waals surface area (Å²) >= 11 is 0. The molecule has 0 spiro atoms. The van der Waals surface area contributed by atoms with Gasteiger partial charge in [0, 0.05) is 44.8 Å². The fourth-order valence-electron chi connectivity index (χ4n) is 4.56. The van der Waals surface area contributed by atoms with Crippen LogP contribution in [0.1, 0.15) is 35.1 Å². The zero-order valence-corrected chi connectivity index (χ0v) is 17.9. The second-order valence-corrected chi connectivity index (χ2v) is 8.38. The number of hydrogen-bond acceptors (Lipinski definition) is 6. The Morgan fingerprint density at radius 3 is 2.38 bits per heavy atom. The van der Waals surface area contributed by atoms with Crippen molar-refractivity contribution in [3.63, 3.8) is 0 Å². The fraction of sp³-hybridized carbons (Fsp3) is 0.565. The van der Waals surface area contributed by atoms with Gasteiger partial charge in [-0.25, -0.2) is 9.97 Å². The summed E-state index contributed by atoms with van der Waals surface area (Å²) in [6, 6.07) is 7.18. The molecule has 156 valence electrons. The molecule has 0 radical (unpaired) electrons. The molecule has 0 bridgehead atoms. The SMILES string of the molecule is Cc1cc(C)c(CNC2CCCN(c3cc(N4CCOCC4)ncn3)C2)c(C)c1. The zero-order chi connectivity index (χ0) is 20.2. The van der Waals surface area contributed by atoms with Gasteiger partial charge in [-0.1, -0.05) is 17.7 Å². The molecule has 2 fully saturated rings. The third kappa shape index (κ3) is 4.87. The van der Waals surface area contributed by atoms with Crippen molar-refractivity contribution in [3.05, 3.63) is 46.8 Å². The van der Waals surface area contributed by atoms with E-state index in [1.165, 1.54) is 35.1 Å². The standard InChI is InChI=1S/C23H33N5O/c1-17-11-18(2)21(19(3)12-17)14-24-20-5-4-6-28(15-20)23-13-22(25-16-26-23)27-7-9-29-10-8-27/h11-13,16,20,24H,4-10,14-15H2,1-3H3. The lowest BCUT2D eigenvalue weighted by Crippen LogP contribution is -2.46. The van der Waals surface area contributed by atoms with Crippen molar-refractivity contribution in [2.24, 2.45) is 0 Å². The van der Waals surface area contributed by atoms with E-state index in [1.54, 1.807) is 6.33 Å². The number of aromatic nitrogens is 2. The average molecular weight is 396 g/mol. The number of piperidine rings is 1. The van der Waals surface area contributed by atoms with Crippen LogP contribution >= 0.6 is 0 Å². The quantitative estimate of drug-likeness (QED) is 0.840. The first-order valence-electron chi connectivity index (χ1n) is 10.8. The smallest absolute Gasteiger partial charge is 0.134 e. The fourth-order valence-corrected chi connectivity index (χ4v) is 4.56. The molecule has 2 aromatic rings. The molecule has 0 amide bonds. The zero-order valence-electron chi connectivity index (χ0n) is 17.9. The molecule has 2 aliphatic rings. The molecule has 29 heavy (non-hydrogen) atoms. The van der Waals surface area contributed by atoms with Crippen LogP contribution in [0.2, 0.25) is 0 Å². The number of aryl methyl sites for hydroxylation is 3. The van der Waals surface area contributed by atoms with Crippen LogP contribution in [-0.4, -0.2) is 55.4 Å². The van der Waals surface area contributed by atoms with Gasteiger partial charge in [0.15, 0.2) is 0 Å². The lowest BCUT2D eigenvalue weighted by atomic mass is 9.99. The minimum Gasteiger partial charge on any atom is -0.378 e. The molecule has 1 aromatic carbocycles. The molecule has 4 rings (SSSR count). The first-order valence-corrected chi connectivity index (χ1v) is 10.8. The highest BCUT2D eigenvalue weighted by atomic mass is 16.5. The Morgan fingerprint density at radius 1 is 0.966 bits per heavy atom. The number of anilines is 2. The van der Waals surface area contributed by atoms with E-state index < -0.39 is 0 Å². The number of rotatable bonds is 5. The molecule has 0 saturated carbocycles. The number of nitrogens with zero attached hydrogens (tertiary/aromatic N) is 4. The number of hydrogen-bond donors (Lipinski definition) is 1. The lowest BCUT2D eigenvalue weighted by Gasteiger charge is -2.35. The van der Waals surface area contributed by atoms with Gasteiger partial charge in [-0.05, 0) is 50.3 Å². The Hall–Kier alpha value is -2.18. The van der Waals surface area contributed by atoms with E-state index in [9.17, 15) is 0 Å². The molecule has 1 atom stereocenters. The van der Waals surface area contributed by atoms with Crippen LogP contribution < -0.4 is 15.1 Å². The number of morpholine rings is 1. The Kier molecular flexibility index (Phi) is 6.31. The highest BCUT2D eigenvalue weighted by Gasteiger charge is 2.22. The molecule has 1 N–H and O–H groups in total. The van der Waals surface area contributed by atoms with E-state index in [1.807, 2.05) is 0 Å². The second kappa shape index (κ2) is 9.09. The average Bonchev–Trinajstić information content (AvgIpc) is 2.74. The predicted molar refractivity (Wildman–Crippen MR) is 118 cm³/mol. The van der Waals surface area contributed by atoms with Crippen LogP contribution in [0.4, 0.5) is 11.6 Å². The summed E-state index contributed by atoms with van der Waals surface area (Å²) in [5, 5.41) is 3.80. The summed E-state index contributed by atoms with van der Waals surface area (Å²) in [6.45, 7) is 12.9. The van der Waals surface area contributed by atoms with E-state index in [-0.39, 0.29) is 0 Å². The molecular formula is C23H33N5O. The molecule has 3 heterocycles. The highest BCUT2D eigenvalue weighted by Crippen LogP contribution is 2.23. The Morgan fingerprint density at radius 2 is 1.66 bits per heavy atom. The Bertz CT molecular complexity index is 811. The number of benzene rings is 1. The van der Waals surface area contributed by atoms with Gasteiger partial charge in [0.05, 0.1) is 13.2 Å². The van der Waals surface area contributed by atoms with E-state index in [2.05, 4.69) is 64.1 Å². The normalized spacial score (nSPS) is 20.2. The van der Waals surface area contributed by atoms with E-state index in [0.717, 1.165) is 57.6 Å². The van der Waals surface area contributed by atoms with Crippen molar-refractivity contribution in [1.29, 1.82) is 0 Å². The van der Waals surface area contributed by atoms with Crippen molar-refractivity contribution in [2.75, 3.05) is 49.2 Å². The molecule has 6 nitrogen and oxygen atoms in total. The highest BCUT2D eigenvalue weighted by molar-refractivity contribution is 5.50. The first-order chi connectivity index (χ1) is 14.1. The van der Waals surface area contributed by atoms with Gasteiger partial charge in [-0.3, -0.25) is 0 Å². The van der Waals surface area contributed by atoms with Gasteiger partial charge < -0.3 is 19.9 Å². The van der Waals surface area contributed by atoms with E-state index in [0.29, 0.717) is 6.04 Å². The minimum atomic E-state index is 0.477. The summed E-state index contributed by atoms with van der Waals surface area (Å²) in [6.07, 6.45) is 4.10. The predicted octanol–water partition coefficient (Wildman–Crippen LogP) is 3.00. The van der Waals surface area contributed by atoms with Gasteiger partial charge in [0.25, 0.3) is 0 Å². The van der Waals surface area contributed by atoms with Crippen molar-refractivity contribution in [3.8, 4) is 0 Å². The van der Waals surface area contributed by atoms with Crippen molar-refractivity contribution in [1.82, 2.24) is 15.3 Å². The number of ether oxygens (including phenoxy) is 1. The Labute approximate surface area is 174 Å². The van der Waals surface area contributed by atoms with Crippen molar-refractivity contribution >= 4 is 11.6 Å². The Balaban J connectivity index is 1.40. The molecule has 1 unspecified atom stereocenters. The van der Waals surface area contributed by atoms with Gasteiger partial charge in [0.1, 0.15) is 18.0 Å².